The van der Waals surface area contributed by atoms with Gasteiger partial charge >= 0.3 is 10.2 Å². The van der Waals surface area contributed by atoms with Crippen molar-refractivity contribution >= 4 is 21.8 Å². The largest absolute Gasteiger partial charge is 0.506 e. The van der Waals surface area contributed by atoms with Crippen LogP contribution in [0.4, 0.5) is 10.1 Å². The molecule has 1 unspecified atom stereocenters. The van der Waals surface area contributed by atoms with Crippen LogP contribution < -0.4 is 19.1 Å². The zero-order chi connectivity index (χ0) is 19.4. The molecule has 1 aromatic carbocycles. The molecule has 2 aliphatic heterocycles. The number of aromatic hydroxyl groups is 1. The summed E-state index contributed by atoms with van der Waals surface area (Å²) in [4.78, 5) is 11.4. The van der Waals surface area contributed by atoms with Gasteiger partial charge < -0.3 is 15.2 Å². The lowest BCUT2D eigenvalue weighted by atomic mass is 9.96. The second kappa shape index (κ2) is 5.97. The van der Waals surface area contributed by atoms with Gasteiger partial charge in [-0.2, -0.15) is 13.7 Å². The highest BCUT2D eigenvalue weighted by Crippen LogP contribution is 2.50. The van der Waals surface area contributed by atoms with Crippen molar-refractivity contribution in [1.82, 2.24) is 10.0 Å². The molecule has 2 heterocycles. The number of rotatable bonds is 4. The van der Waals surface area contributed by atoms with Crippen LogP contribution in [0.5, 0.6) is 11.5 Å². The molecule has 1 saturated carbocycles. The number of nitrogens with one attached hydrogen (secondary N) is 2. The van der Waals surface area contributed by atoms with Crippen LogP contribution in [-0.4, -0.2) is 44.7 Å². The van der Waals surface area contributed by atoms with E-state index in [4.69, 9.17) is 4.74 Å². The Bertz CT molecular complexity index is 956. The molecule has 0 radical (unpaired) electrons. The molecular formula is C16H17FN4O5S. The van der Waals surface area contributed by atoms with Crippen molar-refractivity contribution in [2.75, 3.05) is 17.4 Å². The van der Waals surface area contributed by atoms with Crippen molar-refractivity contribution in [3.63, 3.8) is 0 Å². The first-order chi connectivity index (χ1) is 12.8. The van der Waals surface area contributed by atoms with Gasteiger partial charge in [0.05, 0.1) is 11.5 Å². The fourth-order valence-corrected chi connectivity index (χ4v) is 4.74. The molecule has 4 rings (SSSR count). The number of carbonyl (C=O) groups is 1. The molecule has 3 N–H and O–H groups in total. The molecule has 2 saturated heterocycles. The minimum atomic E-state index is -4.27. The van der Waals surface area contributed by atoms with E-state index in [1.807, 2.05) is 0 Å². The average Bonchev–Trinajstić information content (AvgIpc) is 3.18. The number of amides is 1. The van der Waals surface area contributed by atoms with E-state index < -0.39 is 46.0 Å². The summed E-state index contributed by atoms with van der Waals surface area (Å²) in [6, 6.07) is 4.60. The van der Waals surface area contributed by atoms with Crippen LogP contribution in [0.2, 0.25) is 0 Å². The van der Waals surface area contributed by atoms with Crippen molar-refractivity contribution in [3.8, 4) is 17.6 Å². The Balaban J connectivity index is 1.57. The maximum Gasteiger partial charge on any atom is 0.326 e. The van der Waals surface area contributed by atoms with E-state index in [0.29, 0.717) is 17.3 Å². The average molecular weight is 396 g/mol. The lowest BCUT2D eigenvalue weighted by molar-refractivity contribution is -0.117. The summed E-state index contributed by atoms with van der Waals surface area (Å²) < 4.78 is 46.7. The number of hydrogen-bond donors (Lipinski definition) is 3. The summed E-state index contributed by atoms with van der Waals surface area (Å²) in [5.74, 6) is -2.75. The van der Waals surface area contributed by atoms with Gasteiger partial charge in [-0.15, -0.1) is 0 Å². The Morgan fingerprint density at radius 3 is 2.74 bits per heavy atom. The van der Waals surface area contributed by atoms with Crippen molar-refractivity contribution in [1.29, 1.82) is 5.26 Å². The lowest BCUT2D eigenvalue weighted by Crippen LogP contribution is -2.30. The molecule has 144 valence electrons. The molecule has 9 nitrogen and oxygen atoms in total. The molecule has 11 heteroatoms. The van der Waals surface area contributed by atoms with Crippen LogP contribution >= 0.6 is 0 Å². The Kier molecular flexibility index (Phi) is 3.94. The third kappa shape index (κ3) is 2.94. The minimum absolute atomic E-state index is 0.0343. The number of anilines is 1. The Hall–Kier alpha value is -2.58. The monoisotopic (exact) mass is 396 g/mol. The lowest BCUT2D eigenvalue weighted by Gasteiger charge is -2.20. The van der Waals surface area contributed by atoms with Gasteiger partial charge in [0.1, 0.15) is 24.1 Å². The molecule has 0 aromatic heterocycles. The summed E-state index contributed by atoms with van der Waals surface area (Å²) >= 11 is 0. The number of halogens is 1. The van der Waals surface area contributed by atoms with Crippen LogP contribution in [0.3, 0.4) is 0 Å². The first kappa shape index (κ1) is 17.8. The van der Waals surface area contributed by atoms with Crippen molar-refractivity contribution in [3.05, 3.63) is 17.9 Å². The second-order valence-corrected chi connectivity index (χ2v) is 8.58. The van der Waals surface area contributed by atoms with Crippen LogP contribution in [-0.2, 0) is 15.0 Å². The first-order valence-corrected chi connectivity index (χ1v) is 9.86. The van der Waals surface area contributed by atoms with Gasteiger partial charge in [0.2, 0.25) is 0 Å². The third-order valence-corrected chi connectivity index (χ3v) is 6.57. The second-order valence-electron chi connectivity index (χ2n) is 6.99. The molecular weight excluding hydrogens is 379 g/mol. The first-order valence-electron chi connectivity index (χ1n) is 8.42. The minimum Gasteiger partial charge on any atom is -0.506 e. The van der Waals surface area contributed by atoms with Crippen LogP contribution in [0, 0.1) is 22.6 Å². The van der Waals surface area contributed by atoms with E-state index in [-0.39, 0.29) is 17.2 Å². The quantitative estimate of drug-likeness (QED) is 0.659. The van der Waals surface area contributed by atoms with Crippen molar-refractivity contribution in [2.24, 2.45) is 5.41 Å². The number of phenols is 1. The Labute approximate surface area is 154 Å². The zero-order valence-corrected chi connectivity index (χ0v) is 14.9. The van der Waals surface area contributed by atoms with Gasteiger partial charge in [0, 0.05) is 19.0 Å². The molecule has 1 aliphatic carbocycles. The highest BCUT2D eigenvalue weighted by atomic mass is 32.2. The van der Waals surface area contributed by atoms with Gasteiger partial charge in [0.25, 0.3) is 5.91 Å². The van der Waals surface area contributed by atoms with E-state index in [9.17, 15) is 28.0 Å². The summed E-state index contributed by atoms with van der Waals surface area (Å²) in [5.41, 5.74) is -1.02. The van der Waals surface area contributed by atoms with Gasteiger partial charge in [-0.3, -0.25) is 4.79 Å². The summed E-state index contributed by atoms with van der Waals surface area (Å²) in [6.45, 7) is -0.209. The fourth-order valence-electron chi connectivity index (χ4n) is 3.58. The Morgan fingerprint density at radius 1 is 1.41 bits per heavy atom. The summed E-state index contributed by atoms with van der Waals surface area (Å²) in [6.07, 6.45) is 1.76. The molecule has 0 spiro atoms. The number of ether oxygens (including phenoxy) is 1. The van der Waals surface area contributed by atoms with Gasteiger partial charge in [0.15, 0.2) is 11.6 Å². The number of nitriles is 1. The summed E-state index contributed by atoms with van der Waals surface area (Å²) in [5, 5.41) is 22.5. The van der Waals surface area contributed by atoms with Crippen LogP contribution in [0.1, 0.15) is 19.3 Å². The number of phenolic OH excluding ortho intramolecular Hbond substituents is 1. The number of benzene rings is 1. The number of carbonyl (C=O) groups excluding carboxylic acids is 1. The van der Waals surface area contributed by atoms with Crippen LogP contribution in [0.15, 0.2) is 12.1 Å². The maximum absolute atomic E-state index is 14.9. The predicted molar refractivity (Wildman–Crippen MR) is 90.6 cm³/mol. The van der Waals surface area contributed by atoms with E-state index >= 15 is 0 Å². The molecule has 27 heavy (non-hydrogen) atoms. The molecule has 2 atom stereocenters. The number of nitrogens with zero attached hydrogens (tertiary/aromatic N) is 2. The molecule has 1 aromatic rings. The summed E-state index contributed by atoms with van der Waals surface area (Å²) in [7, 11) is -4.27. The molecule has 3 aliphatic rings. The van der Waals surface area contributed by atoms with E-state index in [1.54, 1.807) is 4.72 Å². The highest BCUT2D eigenvalue weighted by Gasteiger charge is 2.52. The molecule has 1 amide bonds. The zero-order valence-electron chi connectivity index (χ0n) is 14.1. The van der Waals surface area contributed by atoms with Crippen molar-refractivity contribution in [2.45, 2.75) is 31.4 Å². The van der Waals surface area contributed by atoms with Crippen molar-refractivity contribution < 1.29 is 27.4 Å². The smallest absolute Gasteiger partial charge is 0.326 e. The van der Waals surface area contributed by atoms with Gasteiger partial charge in [-0.05, 0) is 25.0 Å². The maximum atomic E-state index is 14.9. The molecule has 0 bridgehead atoms. The van der Waals surface area contributed by atoms with E-state index in [1.165, 1.54) is 6.07 Å². The fraction of sp³-hybridized carbons (Fsp3) is 0.500. The van der Waals surface area contributed by atoms with E-state index in [2.05, 4.69) is 11.4 Å². The normalized spacial score (nSPS) is 27.9. The standard InChI is InChI=1S/C16H17FN4O5S/c17-14-11(26-9-5-12(19-6-9)16(8-18)3-4-16)2-1-10(22)15(14)21-7-13(23)20-27(21,24)25/h1-2,9,12,19,22H,3-7H2,(H,20,23)/t9?,12-/m1/s1. The Morgan fingerprint density at radius 2 is 2.15 bits per heavy atom. The predicted octanol–water partition coefficient (Wildman–Crippen LogP) is 0.125. The van der Waals surface area contributed by atoms with Gasteiger partial charge in [-0.25, -0.2) is 13.4 Å². The molecule has 3 fully saturated rings. The third-order valence-electron chi connectivity index (χ3n) is 5.19. The number of hydrogen-bond acceptors (Lipinski definition) is 7. The SMILES string of the molecule is N#CC1([C@H]2CC(Oc3ccc(O)c(N4CC(=O)NS4(=O)=O)c3F)CN2)CC1. The van der Waals surface area contributed by atoms with E-state index in [0.717, 1.165) is 18.9 Å². The highest BCUT2D eigenvalue weighted by molar-refractivity contribution is 7.92. The van der Waals surface area contributed by atoms with Gasteiger partial charge in [-0.1, -0.05) is 0 Å². The van der Waals surface area contributed by atoms with Crippen LogP contribution in [0.25, 0.3) is 0 Å². The topological polar surface area (TPSA) is 132 Å².